The number of halogens is 1. The zero-order valence-corrected chi connectivity index (χ0v) is 29.1. The Morgan fingerprint density at radius 1 is 0.938 bits per heavy atom. The molecule has 1 atom stereocenters. The van der Waals surface area contributed by atoms with Crippen LogP contribution in [0.2, 0.25) is 0 Å². The van der Waals surface area contributed by atoms with Crippen molar-refractivity contribution in [2.75, 3.05) is 38.6 Å². The molecule has 1 N–H and O–H groups in total. The van der Waals surface area contributed by atoms with Gasteiger partial charge in [0.15, 0.2) is 0 Å². The molecule has 0 unspecified atom stereocenters. The van der Waals surface area contributed by atoms with Gasteiger partial charge < -0.3 is 24.4 Å². The molecule has 12 heteroatoms. The van der Waals surface area contributed by atoms with E-state index in [4.69, 9.17) is 14.2 Å². The highest BCUT2D eigenvalue weighted by atomic mass is 19.1. The second-order valence-electron chi connectivity index (χ2n) is 14.8. The number of carbonyl (C=O) groups excluding carboxylic acids is 3. The Kier molecular flexibility index (Phi) is 10.3. The van der Waals surface area contributed by atoms with Crippen LogP contribution >= 0.6 is 0 Å². The first-order valence-electron chi connectivity index (χ1n) is 16.7. The number of ether oxygens (including phenoxy) is 3. The quantitative estimate of drug-likeness (QED) is 0.278. The summed E-state index contributed by atoms with van der Waals surface area (Å²) < 4.78 is 33.7. The van der Waals surface area contributed by atoms with Gasteiger partial charge in [-0.25, -0.2) is 23.5 Å². The number of nitrogens with one attached hydrogen (secondary N) is 1. The normalized spacial score (nSPS) is 17.8. The maximum atomic E-state index is 15.1. The third kappa shape index (κ3) is 8.63. The van der Waals surface area contributed by atoms with E-state index in [0.717, 1.165) is 49.7 Å². The van der Waals surface area contributed by atoms with Crippen molar-refractivity contribution in [1.29, 1.82) is 0 Å². The number of benzene rings is 1. The van der Waals surface area contributed by atoms with E-state index in [1.807, 2.05) is 54.7 Å². The molecule has 0 bridgehead atoms. The SMILES string of the molecule is CN1CCC[C@@H]1c1cc2cnc(NC(=O)c3ccc(OCCC4CCN(C(=O)OC(C)(C)C)CC4)cc3F)cc2n1C(=O)OC(C)(C)C. The summed E-state index contributed by atoms with van der Waals surface area (Å²) in [5.74, 6) is -0.502. The molecule has 0 saturated carbocycles. The standard InChI is InChI=1S/C36H48FN5O6/c1-35(2,3)47-33(44)41-16-12-23(13-17-41)14-18-46-25-10-11-26(27(37)20-25)32(43)39-31-21-29-24(22-38-31)19-30(28-9-8-15-40(28)7)42(29)34(45)48-36(4,5)6/h10-11,19-23,28H,8-9,12-18H2,1-7H3,(H,38,39,43)/t28-/m1/s1. The molecule has 5 rings (SSSR count). The van der Waals surface area contributed by atoms with Crippen LogP contribution in [-0.2, 0) is 9.47 Å². The highest BCUT2D eigenvalue weighted by Gasteiger charge is 2.31. The summed E-state index contributed by atoms with van der Waals surface area (Å²) in [7, 11) is 2.03. The number of carbonyl (C=O) groups is 3. The van der Waals surface area contributed by atoms with Crippen molar-refractivity contribution >= 4 is 34.8 Å². The molecule has 2 saturated heterocycles. The minimum Gasteiger partial charge on any atom is -0.493 e. The third-order valence-corrected chi connectivity index (χ3v) is 8.64. The molecule has 2 aliphatic rings. The van der Waals surface area contributed by atoms with E-state index < -0.39 is 29.0 Å². The van der Waals surface area contributed by atoms with Crippen molar-refractivity contribution in [3.8, 4) is 5.75 Å². The second kappa shape index (κ2) is 14.1. The van der Waals surface area contributed by atoms with Gasteiger partial charge in [-0.05, 0) is 111 Å². The summed E-state index contributed by atoms with van der Waals surface area (Å²) >= 11 is 0. The van der Waals surface area contributed by atoms with Gasteiger partial charge in [0.05, 0.1) is 23.7 Å². The van der Waals surface area contributed by atoms with Gasteiger partial charge in [-0.15, -0.1) is 0 Å². The summed E-state index contributed by atoms with van der Waals surface area (Å²) in [6.07, 6.45) is 5.18. The van der Waals surface area contributed by atoms with Gasteiger partial charge in [0, 0.05) is 42.5 Å². The predicted octanol–water partition coefficient (Wildman–Crippen LogP) is 7.39. The Balaban J connectivity index is 1.21. The van der Waals surface area contributed by atoms with Gasteiger partial charge in [0.1, 0.15) is 28.6 Å². The van der Waals surface area contributed by atoms with Crippen LogP contribution in [0.15, 0.2) is 36.5 Å². The van der Waals surface area contributed by atoms with Crippen molar-refractivity contribution in [1.82, 2.24) is 19.4 Å². The maximum Gasteiger partial charge on any atom is 0.419 e. The summed E-state index contributed by atoms with van der Waals surface area (Å²) in [5, 5.41) is 3.41. The molecule has 1 aromatic carbocycles. The molecular formula is C36H48FN5O6. The van der Waals surface area contributed by atoms with E-state index in [2.05, 4.69) is 15.2 Å². The minimum absolute atomic E-state index is 0.0370. The van der Waals surface area contributed by atoms with Crippen LogP contribution in [0.3, 0.4) is 0 Å². The van der Waals surface area contributed by atoms with Crippen LogP contribution in [0.25, 0.3) is 10.9 Å². The lowest BCUT2D eigenvalue weighted by Gasteiger charge is -2.33. The van der Waals surface area contributed by atoms with Gasteiger partial charge in [-0.2, -0.15) is 0 Å². The molecule has 2 aromatic heterocycles. The maximum absolute atomic E-state index is 15.1. The molecule has 11 nitrogen and oxygen atoms in total. The number of rotatable bonds is 7. The van der Waals surface area contributed by atoms with Crippen molar-refractivity contribution in [2.24, 2.45) is 5.92 Å². The largest absolute Gasteiger partial charge is 0.493 e. The third-order valence-electron chi connectivity index (χ3n) is 8.64. The Morgan fingerprint density at radius 2 is 1.62 bits per heavy atom. The van der Waals surface area contributed by atoms with E-state index in [9.17, 15) is 14.4 Å². The van der Waals surface area contributed by atoms with Gasteiger partial charge in [0.2, 0.25) is 0 Å². The molecule has 48 heavy (non-hydrogen) atoms. The fraction of sp³-hybridized carbons (Fsp3) is 0.556. The van der Waals surface area contributed by atoms with E-state index in [1.54, 1.807) is 27.8 Å². The summed E-state index contributed by atoms with van der Waals surface area (Å²) in [6, 6.07) is 7.75. The number of amides is 2. The van der Waals surface area contributed by atoms with Gasteiger partial charge in [-0.3, -0.25) is 9.69 Å². The Labute approximate surface area is 281 Å². The van der Waals surface area contributed by atoms with E-state index in [0.29, 0.717) is 36.9 Å². The van der Waals surface area contributed by atoms with Crippen molar-refractivity contribution in [3.63, 3.8) is 0 Å². The number of fused-ring (bicyclic) bond motifs is 1. The number of hydrogen-bond acceptors (Lipinski definition) is 8. The highest BCUT2D eigenvalue weighted by molar-refractivity contribution is 6.05. The van der Waals surface area contributed by atoms with Crippen molar-refractivity contribution in [3.05, 3.63) is 53.6 Å². The molecule has 2 fully saturated rings. The van der Waals surface area contributed by atoms with Gasteiger partial charge in [0.25, 0.3) is 5.91 Å². The van der Waals surface area contributed by atoms with Crippen LogP contribution in [0.1, 0.15) is 95.7 Å². The Bertz CT molecular complexity index is 1650. The first-order chi connectivity index (χ1) is 22.6. The van der Waals surface area contributed by atoms with Gasteiger partial charge in [-0.1, -0.05) is 0 Å². The molecular weight excluding hydrogens is 617 g/mol. The Morgan fingerprint density at radius 3 is 2.25 bits per heavy atom. The van der Waals surface area contributed by atoms with Crippen LogP contribution in [0.5, 0.6) is 5.75 Å². The molecule has 0 spiro atoms. The minimum atomic E-state index is -0.722. The van der Waals surface area contributed by atoms with Crippen molar-refractivity contribution in [2.45, 2.75) is 90.9 Å². The first kappa shape index (κ1) is 35.1. The number of hydrogen-bond donors (Lipinski definition) is 1. The van der Waals surface area contributed by atoms with Crippen molar-refractivity contribution < 1.29 is 33.0 Å². The first-order valence-corrected chi connectivity index (χ1v) is 16.7. The zero-order chi connectivity index (χ0) is 34.8. The predicted molar refractivity (Wildman–Crippen MR) is 181 cm³/mol. The summed E-state index contributed by atoms with van der Waals surface area (Å²) in [5.41, 5.74) is -0.0348. The Hall–Kier alpha value is -4.19. The topological polar surface area (TPSA) is 115 Å². The number of likely N-dealkylation sites (tertiary alicyclic amines) is 2. The number of aromatic nitrogens is 2. The smallest absolute Gasteiger partial charge is 0.419 e. The molecule has 2 amide bonds. The van der Waals surface area contributed by atoms with Gasteiger partial charge >= 0.3 is 12.2 Å². The molecule has 3 aromatic rings. The molecule has 4 heterocycles. The van der Waals surface area contributed by atoms with Crippen LogP contribution in [0, 0.1) is 11.7 Å². The average Bonchev–Trinajstić information content (AvgIpc) is 3.58. The van der Waals surface area contributed by atoms with Crippen LogP contribution in [-0.4, -0.2) is 81.9 Å². The number of nitrogens with zero attached hydrogens (tertiary/aromatic N) is 4. The highest BCUT2D eigenvalue weighted by Crippen LogP contribution is 2.35. The fourth-order valence-electron chi connectivity index (χ4n) is 6.26. The second-order valence-corrected chi connectivity index (χ2v) is 14.8. The number of anilines is 1. The lowest BCUT2D eigenvalue weighted by atomic mass is 9.94. The monoisotopic (exact) mass is 665 g/mol. The van der Waals surface area contributed by atoms with E-state index >= 15 is 4.39 Å². The van der Waals surface area contributed by atoms with Crippen LogP contribution in [0.4, 0.5) is 19.8 Å². The summed E-state index contributed by atoms with van der Waals surface area (Å²) in [6.45, 7) is 13.6. The fourth-order valence-corrected chi connectivity index (χ4v) is 6.26. The van der Waals surface area contributed by atoms with E-state index in [-0.39, 0.29) is 23.5 Å². The molecule has 0 radical (unpaired) electrons. The zero-order valence-electron chi connectivity index (χ0n) is 29.1. The lowest BCUT2D eigenvalue weighted by molar-refractivity contribution is 0.0176. The molecule has 260 valence electrons. The average molecular weight is 666 g/mol. The number of pyridine rings is 1. The van der Waals surface area contributed by atoms with E-state index in [1.165, 1.54) is 12.1 Å². The van der Waals surface area contributed by atoms with Crippen LogP contribution < -0.4 is 10.1 Å². The molecule has 2 aliphatic heterocycles. The summed E-state index contributed by atoms with van der Waals surface area (Å²) in [4.78, 5) is 47.2. The molecule has 0 aliphatic carbocycles. The number of piperidine rings is 1. The lowest BCUT2D eigenvalue weighted by Crippen LogP contribution is -2.41.